The first-order chi connectivity index (χ1) is 8.43. The fourth-order valence-corrected chi connectivity index (χ4v) is 4.84. The van der Waals surface area contributed by atoms with Crippen molar-refractivity contribution in [3.8, 4) is 0 Å². The Balaban J connectivity index is 2.36. The molecule has 1 atom stereocenters. The minimum atomic E-state index is -3.70. The molecule has 18 heavy (non-hydrogen) atoms. The Morgan fingerprint density at radius 2 is 2.28 bits per heavy atom. The summed E-state index contributed by atoms with van der Waals surface area (Å²) in [4.78, 5) is 12.0. The van der Waals surface area contributed by atoms with Crippen molar-refractivity contribution in [3.05, 3.63) is 17.0 Å². The maximum Gasteiger partial charge on any atom is 0.323 e. The molecule has 1 aliphatic heterocycles. The molecule has 2 N–H and O–H groups in total. The van der Waals surface area contributed by atoms with Gasteiger partial charge in [-0.25, -0.2) is 8.42 Å². The summed E-state index contributed by atoms with van der Waals surface area (Å²) in [7, 11) is -3.70. The first-order valence-electron chi connectivity index (χ1n) is 5.45. The average Bonchev–Trinajstić information content (AvgIpc) is 2.76. The normalized spacial score (nSPS) is 21.9. The number of hydrogen-bond acceptors (Lipinski definition) is 5. The second-order valence-electron chi connectivity index (χ2n) is 4.04. The summed E-state index contributed by atoms with van der Waals surface area (Å²) < 4.78 is 26.0. The van der Waals surface area contributed by atoms with Gasteiger partial charge in [0.1, 0.15) is 10.3 Å². The van der Waals surface area contributed by atoms with Crippen LogP contribution in [0.15, 0.2) is 16.3 Å². The predicted molar refractivity (Wildman–Crippen MR) is 67.2 cm³/mol. The summed E-state index contributed by atoms with van der Waals surface area (Å²) in [5.41, 5.74) is 0. The number of piperazine rings is 1. The van der Waals surface area contributed by atoms with Crippen molar-refractivity contribution in [2.75, 3.05) is 19.6 Å². The standard InChI is InChI=1S/C10H14N2O4S2/c1-7-2-3-9(17-7)18(15,16)12-5-4-11-6-8(12)10(13)14/h2-3,8,11H,4-6H2,1H3,(H,13,14). The van der Waals surface area contributed by atoms with Gasteiger partial charge in [-0.2, -0.15) is 4.31 Å². The Kier molecular flexibility index (Phi) is 3.71. The van der Waals surface area contributed by atoms with Crippen molar-refractivity contribution in [2.45, 2.75) is 17.2 Å². The summed E-state index contributed by atoms with van der Waals surface area (Å²) in [5, 5.41) is 12.0. The molecule has 0 spiro atoms. The zero-order valence-corrected chi connectivity index (χ0v) is 11.4. The minimum Gasteiger partial charge on any atom is -0.480 e. The van der Waals surface area contributed by atoms with E-state index in [1.165, 1.54) is 6.07 Å². The molecule has 1 aliphatic rings. The van der Waals surface area contributed by atoms with Gasteiger partial charge in [0.25, 0.3) is 10.0 Å². The third-order valence-electron chi connectivity index (χ3n) is 2.76. The summed E-state index contributed by atoms with van der Waals surface area (Å²) in [6, 6.07) is 2.21. The second-order valence-corrected chi connectivity index (χ2v) is 7.44. The van der Waals surface area contributed by atoms with Gasteiger partial charge >= 0.3 is 5.97 Å². The number of sulfonamides is 1. The summed E-state index contributed by atoms with van der Waals surface area (Å²) in [5.74, 6) is -1.13. The number of carbonyl (C=O) groups is 1. The Bertz CT molecular complexity index is 552. The lowest BCUT2D eigenvalue weighted by molar-refractivity contribution is -0.141. The van der Waals surface area contributed by atoms with Crippen LogP contribution >= 0.6 is 11.3 Å². The molecule has 0 radical (unpaired) electrons. The Labute approximate surface area is 109 Å². The smallest absolute Gasteiger partial charge is 0.323 e. The molecular formula is C10H14N2O4S2. The number of carboxylic acid groups (broad SMARTS) is 1. The highest BCUT2D eigenvalue weighted by Gasteiger charge is 2.38. The molecule has 1 aromatic heterocycles. The highest BCUT2D eigenvalue weighted by molar-refractivity contribution is 7.91. The number of aliphatic carboxylic acids is 1. The molecule has 1 unspecified atom stereocenters. The molecule has 6 nitrogen and oxygen atoms in total. The molecule has 100 valence electrons. The molecule has 2 rings (SSSR count). The molecule has 2 heterocycles. The number of thiophene rings is 1. The van der Waals surface area contributed by atoms with Crippen LogP contribution in [-0.2, 0) is 14.8 Å². The number of hydrogen-bond donors (Lipinski definition) is 2. The maximum atomic E-state index is 12.4. The van der Waals surface area contributed by atoms with Crippen LogP contribution in [-0.4, -0.2) is 49.5 Å². The molecule has 1 saturated heterocycles. The van der Waals surface area contributed by atoms with Gasteiger partial charge in [-0.3, -0.25) is 4.79 Å². The fraction of sp³-hybridized carbons (Fsp3) is 0.500. The minimum absolute atomic E-state index is 0.138. The van der Waals surface area contributed by atoms with E-state index in [1.807, 2.05) is 6.92 Å². The maximum absolute atomic E-state index is 12.4. The molecule has 0 aromatic carbocycles. The fourth-order valence-electron chi connectivity index (χ4n) is 1.85. The molecule has 8 heteroatoms. The average molecular weight is 290 g/mol. The number of aryl methyl sites for hydroxylation is 1. The Morgan fingerprint density at radius 3 is 2.83 bits per heavy atom. The van der Waals surface area contributed by atoms with E-state index >= 15 is 0 Å². The lowest BCUT2D eigenvalue weighted by Gasteiger charge is -2.31. The first kappa shape index (κ1) is 13.5. The predicted octanol–water partition coefficient (Wildman–Crippen LogP) is 0.104. The van der Waals surface area contributed by atoms with Crippen LogP contribution in [0.2, 0.25) is 0 Å². The monoisotopic (exact) mass is 290 g/mol. The third-order valence-corrected chi connectivity index (χ3v) is 6.13. The molecule has 0 bridgehead atoms. The van der Waals surface area contributed by atoms with E-state index in [-0.39, 0.29) is 17.3 Å². The molecule has 1 fully saturated rings. The van der Waals surface area contributed by atoms with Crippen LogP contribution in [0.4, 0.5) is 0 Å². The van der Waals surface area contributed by atoms with Crippen molar-refractivity contribution < 1.29 is 18.3 Å². The van der Waals surface area contributed by atoms with Crippen molar-refractivity contribution >= 4 is 27.3 Å². The number of carboxylic acids is 1. The Hall–Kier alpha value is -0.960. The molecule has 0 amide bonds. The second kappa shape index (κ2) is 4.96. The van der Waals surface area contributed by atoms with E-state index in [2.05, 4.69) is 5.32 Å². The number of nitrogens with one attached hydrogen (secondary N) is 1. The molecule has 0 saturated carbocycles. The van der Waals surface area contributed by atoms with E-state index in [0.29, 0.717) is 6.54 Å². The van der Waals surface area contributed by atoms with Crippen LogP contribution < -0.4 is 5.32 Å². The van der Waals surface area contributed by atoms with E-state index in [0.717, 1.165) is 20.5 Å². The van der Waals surface area contributed by atoms with Gasteiger partial charge in [-0.15, -0.1) is 11.3 Å². The lowest BCUT2D eigenvalue weighted by Crippen LogP contribution is -2.56. The number of nitrogens with zero attached hydrogens (tertiary/aromatic N) is 1. The lowest BCUT2D eigenvalue weighted by atomic mass is 10.2. The highest BCUT2D eigenvalue weighted by atomic mass is 32.2. The van der Waals surface area contributed by atoms with Crippen molar-refractivity contribution in [1.29, 1.82) is 0 Å². The van der Waals surface area contributed by atoms with Crippen LogP contribution in [0.5, 0.6) is 0 Å². The van der Waals surface area contributed by atoms with Crippen molar-refractivity contribution in [3.63, 3.8) is 0 Å². The molecular weight excluding hydrogens is 276 g/mol. The summed E-state index contributed by atoms with van der Waals surface area (Å²) >= 11 is 1.16. The molecule has 0 aliphatic carbocycles. The van der Waals surface area contributed by atoms with E-state index in [9.17, 15) is 13.2 Å². The van der Waals surface area contributed by atoms with Gasteiger partial charge in [0.2, 0.25) is 0 Å². The number of rotatable bonds is 3. The van der Waals surface area contributed by atoms with Gasteiger partial charge in [-0.1, -0.05) is 0 Å². The van der Waals surface area contributed by atoms with Crippen LogP contribution in [0.3, 0.4) is 0 Å². The van der Waals surface area contributed by atoms with Gasteiger partial charge in [-0.05, 0) is 19.1 Å². The van der Waals surface area contributed by atoms with E-state index in [1.54, 1.807) is 6.07 Å². The highest BCUT2D eigenvalue weighted by Crippen LogP contribution is 2.26. The van der Waals surface area contributed by atoms with E-state index < -0.39 is 22.0 Å². The SMILES string of the molecule is Cc1ccc(S(=O)(=O)N2CCNCC2C(=O)O)s1. The topological polar surface area (TPSA) is 86.7 Å². The summed E-state index contributed by atoms with van der Waals surface area (Å²) in [6.45, 7) is 2.60. The van der Waals surface area contributed by atoms with Crippen molar-refractivity contribution in [1.82, 2.24) is 9.62 Å². The zero-order valence-electron chi connectivity index (χ0n) is 9.79. The molecule has 1 aromatic rings. The van der Waals surface area contributed by atoms with Crippen LogP contribution in [0.25, 0.3) is 0 Å². The Morgan fingerprint density at radius 1 is 1.56 bits per heavy atom. The van der Waals surface area contributed by atoms with Crippen molar-refractivity contribution in [2.24, 2.45) is 0 Å². The van der Waals surface area contributed by atoms with Gasteiger partial charge in [0.05, 0.1) is 0 Å². The van der Waals surface area contributed by atoms with Gasteiger partial charge < -0.3 is 10.4 Å². The van der Waals surface area contributed by atoms with Crippen LogP contribution in [0, 0.1) is 6.92 Å². The van der Waals surface area contributed by atoms with E-state index in [4.69, 9.17) is 5.11 Å². The van der Waals surface area contributed by atoms with Gasteiger partial charge in [0, 0.05) is 24.5 Å². The van der Waals surface area contributed by atoms with Gasteiger partial charge in [0.15, 0.2) is 0 Å². The third kappa shape index (κ3) is 2.41. The summed E-state index contributed by atoms with van der Waals surface area (Å²) in [6.07, 6.45) is 0. The van der Waals surface area contributed by atoms with Crippen LogP contribution in [0.1, 0.15) is 4.88 Å². The largest absolute Gasteiger partial charge is 0.480 e. The quantitative estimate of drug-likeness (QED) is 0.825. The zero-order chi connectivity index (χ0) is 13.3. The first-order valence-corrected chi connectivity index (χ1v) is 7.70.